The van der Waals surface area contributed by atoms with Crippen LogP contribution >= 0.6 is 23.2 Å². The third kappa shape index (κ3) is 3.41. The van der Waals surface area contributed by atoms with E-state index in [0.29, 0.717) is 0 Å². The minimum atomic E-state index is -3.88. The topological polar surface area (TPSA) is 70.2 Å². The van der Waals surface area contributed by atoms with Crippen LogP contribution in [0.5, 0.6) is 0 Å². The SMILES string of the molecule is O=C(NC1CCCCC1)[C@@H]1NC(F)(F)[C@@]2(C(=O)Nc3cc(Cl)ccc32)[C@H]1c1cccc(Cl)c1F. The highest BCUT2D eigenvalue weighted by Gasteiger charge is 2.75. The molecule has 34 heavy (non-hydrogen) atoms. The number of anilines is 1. The number of alkyl halides is 2. The molecule has 3 atom stereocenters. The predicted octanol–water partition coefficient (Wildman–Crippen LogP) is 5.12. The van der Waals surface area contributed by atoms with Crippen molar-refractivity contribution in [2.24, 2.45) is 0 Å². The van der Waals surface area contributed by atoms with Crippen molar-refractivity contribution in [1.29, 1.82) is 0 Å². The number of carbonyl (C=O) groups is 2. The number of benzene rings is 2. The van der Waals surface area contributed by atoms with Crippen molar-refractivity contribution in [3.05, 3.63) is 63.4 Å². The minimum absolute atomic E-state index is 0.0586. The van der Waals surface area contributed by atoms with Crippen LogP contribution in [0, 0.1) is 5.82 Å². The smallest absolute Gasteiger partial charge is 0.322 e. The van der Waals surface area contributed by atoms with Crippen LogP contribution < -0.4 is 16.0 Å². The van der Waals surface area contributed by atoms with Crippen molar-refractivity contribution >= 4 is 40.7 Å². The number of halogens is 5. The summed E-state index contributed by atoms with van der Waals surface area (Å²) in [4.78, 5) is 26.7. The van der Waals surface area contributed by atoms with Crippen molar-refractivity contribution in [2.75, 3.05) is 5.32 Å². The summed E-state index contributed by atoms with van der Waals surface area (Å²) in [5, 5.41) is 7.35. The summed E-state index contributed by atoms with van der Waals surface area (Å²) in [7, 11) is 0. The van der Waals surface area contributed by atoms with Gasteiger partial charge in [0.25, 0.3) is 0 Å². The van der Waals surface area contributed by atoms with E-state index >= 15 is 13.2 Å². The first-order valence-corrected chi connectivity index (χ1v) is 11.9. The molecule has 2 aromatic rings. The summed E-state index contributed by atoms with van der Waals surface area (Å²) < 4.78 is 47.2. The molecule has 1 saturated carbocycles. The van der Waals surface area contributed by atoms with E-state index in [0.717, 1.165) is 32.1 Å². The van der Waals surface area contributed by atoms with Crippen LogP contribution in [-0.2, 0) is 15.0 Å². The maximum atomic E-state index is 16.0. The van der Waals surface area contributed by atoms with Gasteiger partial charge in [0.1, 0.15) is 5.82 Å². The molecule has 2 aromatic carbocycles. The van der Waals surface area contributed by atoms with Gasteiger partial charge in [0.15, 0.2) is 5.41 Å². The fourth-order valence-corrected chi connectivity index (χ4v) is 6.05. The Bertz CT molecular complexity index is 1170. The van der Waals surface area contributed by atoms with Gasteiger partial charge in [-0.3, -0.25) is 9.59 Å². The number of rotatable bonds is 3. The number of fused-ring (bicyclic) bond motifs is 2. The largest absolute Gasteiger partial charge is 0.352 e. The Morgan fingerprint density at radius 1 is 1.09 bits per heavy atom. The Morgan fingerprint density at radius 3 is 2.56 bits per heavy atom. The molecule has 2 fully saturated rings. The van der Waals surface area contributed by atoms with E-state index in [1.54, 1.807) is 0 Å². The third-order valence-corrected chi connectivity index (χ3v) is 7.72. The van der Waals surface area contributed by atoms with Gasteiger partial charge in [0, 0.05) is 22.7 Å². The van der Waals surface area contributed by atoms with Crippen molar-refractivity contribution < 1.29 is 22.8 Å². The molecular weight excluding hydrogens is 490 g/mol. The van der Waals surface area contributed by atoms with E-state index in [9.17, 15) is 9.59 Å². The standard InChI is InChI=1S/C24H22Cl2F3N3O2/c25-12-9-10-15-17(11-12)31-22(34)23(15)18(14-7-4-8-16(26)19(14)27)20(32-24(23,28)29)21(33)30-13-5-2-1-3-6-13/h4,7-11,13,18,20,32H,1-3,5-6H2,(H,30,33)(H,31,34)/t18-,20+,23+/m0/s1. The second kappa shape index (κ2) is 8.43. The summed E-state index contributed by atoms with van der Waals surface area (Å²) in [5.74, 6) is -4.27. The molecule has 5 rings (SSSR count). The first-order chi connectivity index (χ1) is 16.2. The Balaban J connectivity index is 1.68. The third-order valence-electron chi connectivity index (χ3n) is 7.20. The van der Waals surface area contributed by atoms with Crippen LogP contribution in [0.1, 0.15) is 49.1 Å². The second-order valence-corrected chi connectivity index (χ2v) is 9.96. The molecule has 0 unspecified atom stereocenters. The highest BCUT2D eigenvalue weighted by molar-refractivity contribution is 6.31. The lowest BCUT2D eigenvalue weighted by Crippen LogP contribution is -2.53. The van der Waals surface area contributed by atoms with Crippen molar-refractivity contribution in [3.63, 3.8) is 0 Å². The number of hydrogen-bond acceptors (Lipinski definition) is 3. The van der Waals surface area contributed by atoms with Crippen LogP contribution in [0.3, 0.4) is 0 Å². The van der Waals surface area contributed by atoms with Crippen molar-refractivity contribution in [3.8, 4) is 0 Å². The molecule has 180 valence electrons. The Hall–Kier alpha value is -2.29. The van der Waals surface area contributed by atoms with Gasteiger partial charge >= 0.3 is 6.05 Å². The first-order valence-electron chi connectivity index (χ1n) is 11.2. The van der Waals surface area contributed by atoms with Gasteiger partial charge in [-0.1, -0.05) is 60.7 Å². The number of hydrogen-bond donors (Lipinski definition) is 3. The monoisotopic (exact) mass is 511 g/mol. The number of carbonyl (C=O) groups excluding carboxylic acids is 2. The molecule has 2 heterocycles. The van der Waals surface area contributed by atoms with Crippen LogP contribution in [0.25, 0.3) is 0 Å². The average Bonchev–Trinajstić information content (AvgIpc) is 3.22. The molecular formula is C24H22Cl2F3N3O2. The van der Waals surface area contributed by atoms with E-state index in [2.05, 4.69) is 16.0 Å². The first kappa shape index (κ1) is 23.5. The molecule has 3 aliphatic rings. The van der Waals surface area contributed by atoms with Gasteiger partial charge < -0.3 is 10.6 Å². The number of nitrogens with one attached hydrogen (secondary N) is 3. The second-order valence-electron chi connectivity index (χ2n) is 9.11. The van der Waals surface area contributed by atoms with E-state index in [1.807, 2.05) is 0 Å². The predicted molar refractivity (Wildman–Crippen MR) is 123 cm³/mol. The summed E-state index contributed by atoms with van der Waals surface area (Å²) in [6, 6.07) is 2.42. The number of amides is 2. The van der Waals surface area contributed by atoms with E-state index in [1.165, 1.54) is 36.4 Å². The van der Waals surface area contributed by atoms with Crippen LogP contribution in [0.4, 0.5) is 18.9 Å². The molecule has 1 aliphatic carbocycles. The molecule has 10 heteroatoms. The molecule has 2 aliphatic heterocycles. The lowest BCUT2D eigenvalue weighted by molar-refractivity contribution is -0.139. The fraction of sp³-hybridized carbons (Fsp3) is 0.417. The maximum absolute atomic E-state index is 16.0. The summed E-state index contributed by atoms with van der Waals surface area (Å²) in [6.07, 6.45) is 4.36. The quantitative estimate of drug-likeness (QED) is 0.501. The fourth-order valence-electron chi connectivity index (χ4n) is 5.69. The van der Waals surface area contributed by atoms with Crippen molar-refractivity contribution in [1.82, 2.24) is 10.6 Å². The Kier molecular flexibility index (Phi) is 5.81. The van der Waals surface area contributed by atoms with Gasteiger partial charge in [0.05, 0.1) is 11.1 Å². The molecule has 5 nitrogen and oxygen atoms in total. The van der Waals surface area contributed by atoms with E-state index < -0.39 is 41.1 Å². The molecule has 1 saturated heterocycles. The lowest BCUT2D eigenvalue weighted by Gasteiger charge is -2.34. The molecule has 2 amide bonds. The summed E-state index contributed by atoms with van der Waals surface area (Å²) in [5.41, 5.74) is -2.79. The lowest BCUT2D eigenvalue weighted by atomic mass is 9.66. The molecule has 0 radical (unpaired) electrons. The van der Waals surface area contributed by atoms with Gasteiger partial charge in [-0.05, 0) is 42.2 Å². The van der Waals surface area contributed by atoms with Gasteiger partial charge in [-0.15, -0.1) is 0 Å². The minimum Gasteiger partial charge on any atom is -0.352 e. The zero-order valence-electron chi connectivity index (χ0n) is 17.9. The summed E-state index contributed by atoms with van der Waals surface area (Å²) >= 11 is 12.0. The van der Waals surface area contributed by atoms with Crippen molar-refractivity contribution in [2.45, 2.75) is 61.6 Å². The molecule has 3 N–H and O–H groups in total. The van der Waals surface area contributed by atoms with Gasteiger partial charge in [0.2, 0.25) is 11.8 Å². The highest BCUT2D eigenvalue weighted by Crippen LogP contribution is 2.60. The maximum Gasteiger partial charge on any atom is 0.322 e. The van der Waals surface area contributed by atoms with Gasteiger partial charge in [-0.25, -0.2) is 9.71 Å². The molecule has 1 spiro atoms. The van der Waals surface area contributed by atoms with Gasteiger partial charge in [-0.2, -0.15) is 8.78 Å². The van der Waals surface area contributed by atoms with Crippen LogP contribution in [0.2, 0.25) is 10.0 Å². The van der Waals surface area contributed by atoms with Crippen LogP contribution in [0.15, 0.2) is 36.4 Å². The Morgan fingerprint density at radius 2 is 1.82 bits per heavy atom. The van der Waals surface area contributed by atoms with E-state index in [4.69, 9.17) is 23.2 Å². The zero-order chi connectivity index (χ0) is 24.3. The summed E-state index contributed by atoms with van der Waals surface area (Å²) in [6.45, 7) is 0. The molecule has 0 bridgehead atoms. The molecule has 0 aromatic heterocycles. The zero-order valence-corrected chi connectivity index (χ0v) is 19.4. The Labute approximate surface area is 204 Å². The average molecular weight is 512 g/mol. The highest BCUT2D eigenvalue weighted by atomic mass is 35.5. The van der Waals surface area contributed by atoms with Crippen LogP contribution in [-0.4, -0.2) is 29.9 Å². The normalized spacial score (nSPS) is 28.1. The van der Waals surface area contributed by atoms with E-state index in [-0.39, 0.29) is 32.9 Å².